The summed E-state index contributed by atoms with van der Waals surface area (Å²) in [7, 11) is 0. The van der Waals surface area contributed by atoms with Crippen LogP contribution < -0.4 is 10.4 Å². The Labute approximate surface area is 153 Å². The molecule has 0 amide bonds. The standard InChI is InChI=1S/C22H15FO4/c23-13-6-3-5-12(11-13)18-19-15(24)8-4-10-17(19)26-21-14-7-1-2-9-16(14)27-22(25)20(18)21/h1-3,5-7,9,11,18H,4,8,10H2. The molecule has 2 aromatic carbocycles. The largest absolute Gasteiger partial charge is 0.460 e. The Morgan fingerprint density at radius 1 is 1.00 bits per heavy atom. The number of carbonyl (C=O) groups is 1. The molecule has 5 heteroatoms. The van der Waals surface area contributed by atoms with Crippen molar-refractivity contribution in [1.82, 2.24) is 0 Å². The molecule has 1 atom stereocenters. The number of hydrogen-bond donors (Lipinski definition) is 0. The number of carbonyl (C=O) groups excluding carboxylic acids is 1. The van der Waals surface area contributed by atoms with Gasteiger partial charge in [0.15, 0.2) is 5.78 Å². The number of rotatable bonds is 1. The zero-order valence-electron chi connectivity index (χ0n) is 14.3. The second kappa shape index (κ2) is 5.91. The molecule has 5 rings (SSSR count). The lowest BCUT2D eigenvalue weighted by Crippen LogP contribution is -2.29. The first-order valence-corrected chi connectivity index (χ1v) is 8.89. The molecule has 0 spiro atoms. The van der Waals surface area contributed by atoms with Crippen molar-refractivity contribution in [3.63, 3.8) is 0 Å². The monoisotopic (exact) mass is 362 g/mol. The molecule has 1 aliphatic heterocycles. The van der Waals surface area contributed by atoms with Crippen molar-refractivity contribution >= 4 is 16.8 Å². The fourth-order valence-corrected chi connectivity index (χ4v) is 4.04. The Bertz CT molecular complexity index is 1190. The number of benzene rings is 2. The van der Waals surface area contributed by atoms with Gasteiger partial charge in [-0.3, -0.25) is 4.79 Å². The van der Waals surface area contributed by atoms with Gasteiger partial charge in [0.25, 0.3) is 0 Å². The van der Waals surface area contributed by atoms with Crippen LogP contribution in [0.1, 0.15) is 36.3 Å². The highest BCUT2D eigenvalue weighted by Crippen LogP contribution is 2.47. The maximum Gasteiger partial charge on any atom is 0.344 e. The Hall–Kier alpha value is -3.21. The van der Waals surface area contributed by atoms with Gasteiger partial charge >= 0.3 is 5.63 Å². The van der Waals surface area contributed by atoms with Crippen LogP contribution in [-0.4, -0.2) is 5.78 Å². The number of ether oxygens (including phenoxy) is 1. The summed E-state index contributed by atoms with van der Waals surface area (Å²) in [6.07, 6.45) is 1.70. The minimum Gasteiger partial charge on any atom is -0.460 e. The second-order valence-electron chi connectivity index (χ2n) is 6.83. The van der Waals surface area contributed by atoms with Crippen LogP contribution in [0.4, 0.5) is 4.39 Å². The van der Waals surface area contributed by atoms with E-state index in [0.717, 1.165) is 0 Å². The minimum atomic E-state index is -0.687. The Morgan fingerprint density at radius 2 is 1.85 bits per heavy atom. The molecule has 0 N–H and O–H groups in total. The maximum absolute atomic E-state index is 13.9. The van der Waals surface area contributed by atoms with Gasteiger partial charge in [-0.15, -0.1) is 0 Å². The topological polar surface area (TPSA) is 56.5 Å². The minimum absolute atomic E-state index is 0.0660. The van der Waals surface area contributed by atoms with Crippen LogP contribution in [0.3, 0.4) is 0 Å². The lowest BCUT2D eigenvalue weighted by Gasteiger charge is -2.32. The Morgan fingerprint density at radius 3 is 2.70 bits per heavy atom. The average molecular weight is 362 g/mol. The quantitative estimate of drug-likeness (QED) is 0.600. The Balaban J connectivity index is 1.87. The van der Waals surface area contributed by atoms with E-state index in [4.69, 9.17) is 9.15 Å². The van der Waals surface area contributed by atoms with E-state index >= 15 is 0 Å². The summed E-state index contributed by atoms with van der Waals surface area (Å²) >= 11 is 0. The molecule has 1 unspecified atom stereocenters. The van der Waals surface area contributed by atoms with E-state index in [-0.39, 0.29) is 11.3 Å². The molecule has 1 aromatic heterocycles. The molecule has 0 fully saturated rings. The van der Waals surface area contributed by atoms with E-state index in [1.807, 2.05) is 12.1 Å². The highest BCUT2D eigenvalue weighted by Gasteiger charge is 2.40. The van der Waals surface area contributed by atoms with Gasteiger partial charge in [0, 0.05) is 18.4 Å². The van der Waals surface area contributed by atoms with Crippen molar-refractivity contribution in [3.05, 3.63) is 87.2 Å². The second-order valence-corrected chi connectivity index (χ2v) is 6.83. The molecule has 2 heterocycles. The summed E-state index contributed by atoms with van der Waals surface area (Å²) in [6, 6.07) is 13.1. The highest BCUT2D eigenvalue weighted by molar-refractivity contribution is 6.00. The third-order valence-electron chi connectivity index (χ3n) is 5.19. The van der Waals surface area contributed by atoms with E-state index in [9.17, 15) is 14.0 Å². The van der Waals surface area contributed by atoms with E-state index in [1.54, 1.807) is 24.3 Å². The van der Waals surface area contributed by atoms with Gasteiger partial charge in [0.05, 0.1) is 16.9 Å². The van der Waals surface area contributed by atoms with Crippen LogP contribution in [-0.2, 0) is 4.79 Å². The molecular weight excluding hydrogens is 347 g/mol. The lowest BCUT2D eigenvalue weighted by atomic mass is 9.77. The number of allylic oxidation sites excluding steroid dienone is 2. The molecule has 1 aliphatic carbocycles. The lowest BCUT2D eigenvalue weighted by molar-refractivity contribution is -0.116. The van der Waals surface area contributed by atoms with Gasteiger partial charge in [0.2, 0.25) is 0 Å². The van der Waals surface area contributed by atoms with E-state index in [1.165, 1.54) is 12.1 Å². The van der Waals surface area contributed by atoms with E-state index in [0.29, 0.717) is 52.9 Å². The Kier molecular flexibility index (Phi) is 3.50. The van der Waals surface area contributed by atoms with Gasteiger partial charge in [-0.2, -0.15) is 0 Å². The zero-order chi connectivity index (χ0) is 18.5. The first kappa shape index (κ1) is 16.0. The molecule has 4 nitrogen and oxygen atoms in total. The maximum atomic E-state index is 13.9. The average Bonchev–Trinajstić information content (AvgIpc) is 2.67. The van der Waals surface area contributed by atoms with Crippen LogP contribution >= 0.6 is 0 Å². The number of fused-ring (bicyclic) bond motifs is 3. The molecule has 0 saturated heterocycles. The molecule has 27 heavy (non-hydrogen) atoms. The number of para-hydroxylation sites is 1. The summed E-state index contributed by atoms with van der Waals surface area (Å²) in [5, 5.41) is 0.665. The summed E-state index contributed by atoms with van der Waals surface area (Å²) in [5.41, 5.74) is 1.11. The molecule has 2 aliphatic rings. The number of ketones is 1. The van der Waals surface area contributed by atoms with E-state index < -0.39 is 17.4 Å². The smallest absolute Gasteiger partial charge is 0.344 e. The van der Waals surface area contributed by atoms with E-state index in [2.05, 4.69) is 0 Å². The van der Waals surface area contributed by atoms with Crippen LogP contribution in [0.2, 0.25) is 0 Å². The summed E-state index contributed by atoms with van der Waals surface area (Å²) in [4.78, 5) is 25.6. The van der Waals surface area contributed by atoms with Crippen LogP contribution in [0, 0.1) is 5.82 Å². The van der Waals surface area contributed by atoms with Gasteiger partial charge in [-0.25, -0.2) is 9.18 Å². The first-order valence-electron chi connectivity index (χ1n) is 8.89. The van der Waals surface area contributed by atoms with Crippen LogP contribution in [0.5, 0.6) is 5.75 Å². The predicted molar refractivity (Wildman–Crippen MR) is 97.2 cm³/mol. The number of Topliss-reactive ketones (excluding diaryl/α,β-unsaturated/α-hetero) is 1. The molecule has 134 valence electrons. The fraction of sp³-hybridized carbons (Fsp3) is 0.182. The third-order valence-corrected chi connectivity index (χ3v) is 5.19. The molecular formula is C22H15FO4. The normalized spacial score (nSPS) is 18.9. The van der Waals surface area contributed by atoms with Gasteiger partial charge in [0.1, 0.15) is 22.9 Å². The SMILES string of the molecule is O=C1CCCC2=C1C(c1cccc(F)c1)c1c(c3ccccc3oc1=O)O2. The fourth-order valence-electron chi connectivity index (χ4n) is 4.04. The highest BCUT2D eigenvalue weighted by atomic mass is 19.1. The number of hydrogen-bond acceptors (Lipinski definition) is 4. The van der Waals surface area contributed by atoms with Crippen molar-refractivity contribution in [2.24, 2.45) is 0 Å². The van der Waals surface area contributed by atoms with Crippen molar-refractivity contribution < 1.29 is 18.3 Å². The third kappa shape index (κ3) is 2.42. The molecule has 0 saturated carbocycles. The summed E-state index contributed by atoms with van der Waals surface area (Å²) in [5.74, 6) is -0.193. The summed E-state index contributed by atoms with van der Waals surface area (Å²) in [6.45, 7) is 0. The summed E-state index contributed by atoms with van der Waals surface area (Å²) < 4.78 is 25.5. The van der Waals surface area contributed by atoms with Crippen LogP contribution in [0.25, 0.3) is 11.0 Å². The van der Waals surface area contributed by atoms with Crippen molar-refractivity contribution in [2.75, 3.05) is 0 Å². The molecule has 3 aromatic rings. The van der Waals surface area contributed by atoms with Gasteiger partial charge < -0.3 is 9.15 Å². The van der Waals surface area contributed by atoms with Crippen molar-refractivity contribution in [2.45, 2.75) is 25.2 Å². The van der Waals surface area contributed by atoms with Crippen LogP contribution in [0.15, 0.2) is 69.1 Å². The van der Waals surface area contributed by atoms with Crippen molar-refractivity contribution in [3.8, 4) is 5.75 Å². The predicted octanol–water partition coefficient (Wildman–Crippen LogP) is 4.46. The zero-order valence-corrected chi connectivity index (χ0v) is 14.3. The number of halogens is 1. The molecule has 0 radical (unpaired) electrons. The first-order chi connectivity index (χ1) is 13.1. The van der Waals surface area contributed by atoms with Crippen molar-refractivity contribution in [1.29, 1.82) is 0 Å². The molecule has 0 bridgehead atoms. The van der Waals surface area contributed by atoms with Gasteiger partial charge in [-0.05, 0) is 36.2 Å². The van der Waals surface area contributed by atoms with Gasteiger partial charge in [-0.1, -0.05) is 24.3 Å².